The zero-order valence-electron chi connectivity index (χ0n) is 68.1. The summed E-state index contributed by atoms with van der Waals surface area (Å²) >= 11 is 0. The molecule has 12 fully saturated rings. The van der Waals surface area contributed by atoms with Gasteiger partial charge in [0, 0.05) is 74.8 Å². The summed E-state index contributed by atoms with van der Waals surface area (Å²) in [4.78, 5) is 138. The lowest BCUT2D eigenvalue weighted by atomic mass is 9.99. The molecule has 118 heavy (non-hydrogen) atoms. The summed E-state index contributed by atoms with van der Waals surface area (Å²) in [5.74, 6) is -12.8. The molecule has 42 heteroatoms. The fourth-order valence-electron chi connectivity index (χ4n) is 15.3. The molecule has 16 aliphatic rings. The molecule has 0 aromatic heterocycles. The van der Waals surface area contributed by atoms with Crippen LogP contribution >= 0.6 is 0 Å². The molecule has 20 atom stereocenters. The Labute approximate surface area is 677 Å². The van der Waals surface area contributed by atoms with Crippen LogP contribution in [0.2, 0.25) is 0 Å². The van der Waals surface area contributed by atoms with Crippen molar-refractivity contribution in [2.75, 3.05) is 52.6 Å². The Kier molecular flexibility index (Phi) is 27.5. The van der Waals surface area contributed by atoms with Crippen molar-refractivity contribution < 1.29 is 182 Å². The van der Waals surface area contributed by atoms with E-state index >= 15 is 0 Å². The van der Waals surface area contributed by atoms with Gasteiger partial charge in [0.15, 0.2) is 71.5 Å². The monoisotopic (exact) mass is 1680 g/mol. The number of fused-ring (bicyclic) bond motifs is 12. The molecule has 12 saturated heterocycles. The summed E-state index contributed by atoms with van der Waals surface area (Å²) in [6, 6.07) is 0. The highest BCUT2D eigenvalue weighted by atomic mass is 16.9. The molecule has 0 aliphatic carbocycles. The van der Waals surface area contributed by atoms with Crippen molar-refractivity contribution in [2.24, 2.45) is 0 Å². The van der Waals surface area contributed by atoms with E-state index in [2.05, 4.69) is 0 Å². The smallest absolute Gasteiger partial charge is 0.307 e. The number of carbonyl (C=O) groups excluding carboxylic acids is 10. The molecule has 20 unspecified atom stereocenters. The maximum atomic E-state index is 12.1. The molecular formula is C76H104N4O38. The second-order valence-electron chi connectivity index (χ2n) is 33.0. The van der Waals surface area contributed by atoms with Crippen LogP contribution in [0.1, 0.15) is 136 Å². The SMILES string of the molecule is CC1(C)OC2OC(CO)C3OC(C)(C)OC3C2O1.CC1(C)OC2OC(CO)C3OC(C)(C)OC3C2O1.CC1(C)OC2OC(COC(=O)CCN3C(=O)C=CC3=O)C3OC(C)(C)OC3C2O1.CC1(C)OC2OC(COC(=O)CCN3C(=O)C=CC3=O)C3OC(C)(C)OC3C2O1.O=C(O)CCN1C(=O)C=CC1=O.O=C(O)CCN1C(=O)C=CC1=O. The first kappa shape index (κ1) is 91.3. The van der Waals surface area contributed by atoms with Gasteiger partial charge in [0.05, 0.1) is 38.9 Å². The van der Waals surface area contributed by atoms with Gasteiger partial charge in [0.2, 0.25) is 0 Å². The van der Waals surface area contributed by atoms with E-state index in [1.54, 1.807) is 55.4 Å². The average Bonchev–Trinajstić information content (AvgIpc) is 1.61. The summed E-state index contributed by atoms with van der Waals surface area (Å²) in [6.07, 6.45) is -0.561. The Morgan fingerprint density at radius 2 is 0.458 bits per heavy atom. The van der Waals surface area contributed by atoms with Crippen molar-refractivity contribution in [3.05, 3.63) is 48.6 Å². The van der Waals surface area contributed by atoms with Crippen molar-refractivity contribution in [1.82, 2.24) is 19.6 Å². The van der Waals surface area contributed by atoms with Crippen LogP contribution in [0.15, 0.2) is 48.6 Å². The second kappa shape index (κ2) is 35.5. The van der Waals surface area contributed by atoms with Crippen LogP contribution in [0.4, 0.5) is 0 Å². The van der Waals surface area contributed by atoms with Crippen LogP contribution in [-0.2, 0) is 162 Å². The molecule has 4 N–H and O–H groups in total. The van der Waals surface area contributed by atoms with E-state index in [-0.39, 0.29) is 115 Å². The van der Waals surface area contributed by atoms with Gasteiger partial charge in [-0.15, -0.1) is 0 Å². The molecule has 8 amide bonds. The number of esters is 2. The van der Waals surface area contributed by atoms with Gasteiger partial charge >= 0.3 is 23.9 Å². The van der Waals surface area contributed by atoms with Gasteiger partial charge < -0.3 is 125 Å². The van der Waals surface area contributed by atoms with E-state index in [0.717, 1.165) is 43.9 Å². The summed E-state index contributed by atoms with van der Waals surface area (Å²) in [7, 11) is 0. The minimum atomic E-state index is -1.03. The number of imide groups is 4. The number of hydrogen-bond acceptors (Lipinski definition) is 36. The maximum Gasteiger partial charge on any atom is 0.307 e. The number of aliphatic hydroxyl groups excluding tert-OH is 2. The van der Waals surface area contributed by atoms with Crippen LogP contribution in [0.3, 0.4) is 0 Å². The third-order valence-corrected chi connectivity index (χ3v) is 20.0. The molecule has 0 bridgehead atoms. The van der Waals surface area contributed by atoms with Crippen LogP contribution in [-0.4, -0.2) is 333 Å². The van der Waals surface area contributed by atoms with Crippen LogP contribution in [0.5, 0.6) is 0 Å². The molecule has 42 nitrogen and oxygen atoms in total. The number of carboxylic acid groups (broad SMARTS) is 2. The standard InChI is InChI=1S/2C19H25NO9.2C12H20O6.2C7H7NO4/c2*1-18(2)26-14-10(25-17-16(15(14)27-18)28-19(3,4)29-17)9-24-13(23)7-8-20-11(21)5-6-12(20)22;2*1-11(2)15-7-6(5-13)14-10-9(8(7)16-11)17-12(3,4)18-10;2*9-5-1-2-6(10)8(5)4-3-7(11)12/h2*5-6,10,14-17H,7-9H2,1-4H3;2*6-10,13H,5H2,1-4H3;2*1-2H,3-4H2,(H,11,12). The Hall–Kier alpha value is -7.48. The summed E-state index contributed by atoms with van der Waals surface area (Å²) in [5, 5.41) is 35.4. The predicted molar refractivity (Wildman–Crippen MR) is 383 cm³/mol. The third kappa shape index (κ3) is 22.1. The molecule has 16 aliphatic heterocycles. The van der Waals surface area contributed by atoms with E-state index in [9.17, 15) is 67.7 Å². The number of amides is 8. The lowest BCUT2D eigenvalue weighted by Crippen LogP contribution is -2.56. The average molecular weight is 1680 g/mol. The highest BCUT2D eigenvalue weighted by Crippen LogP contribution is 2.49. The van der Waals surface area contributed by atoms with Crippen LogP contribution < -0.4 is 0 Å². The quantitative estimate of drug-likeness (QED) is 0.104. The first-order valence-corrected chi connectivity index (χ1v) is 38.5. The maximum absolute atomic E-state index is 12.1. The van der Waals surface area contributed by atoms with E-state index in [0.29, 0.717) is 0 Å². The van der Waals surface area contributed by atoms with Gasteiger partial charge in [-0.2, -0.15) is 0 Å². The molecule has 656 valence electrons. The third-order valence-electron chi connectivity index (χ3n) is 20.0. The topological polar surface area (TPSA) is 502 Å². The van der Waals surface area contributed by atoms with Gasteiger partial charge in [-0.1, -0.05) is 0 Å². The number of aliphatic hydroxyl groups is 2. The highest BCUT2D eigenvalue weighted by molar-refractivity contribution is 6.14. The Bertz CT molecular complexity index is 3620. The zero-order chi connectivity index (χ0) is 86.5. The lowest BCUT2D eigenvalue weighted by molar-refractivity contribution is -0.242. The first-order chi connectivity index (χ1) is 54.9. The Morgan fingerprint density at radius 3 is 0.669 bits per heavy atom. The van der Waals surface area contributed by atoms with Gasteiger partial charge in [-0.05, 0) is 111 Å². The molecule has 0 saturated carbocycles. The van der Waals surface area contributed by atoms with E-state index in [4.69, 9.17) is 114 Å². The van der Waals surface area contributed by atoms with Crippen molar-refractivity contribution in [2.45, 2.75) is 306 Å². The molecule has 0 spiro atoms. The number of nitrogens with zero attached hydrogens (tertiary/aromatic N) is 4. The van der Waals surface area contributed by atoms with Crippen molar-refractivity contribution in [3.8, 4) is 0 Å². The normalized spacial score (nSPS) is 36.3. The van der Waals surface area contributed by atoms with Crippen LogP contribution in [0, 0.1) is 0 Å². The van der Waals surface area contributed by atoms with Crippen molar-refractivity contribution in [1.29, 1.82) is 0 Å². The number of carboxylic acids is 2. The molecule has 16 rings (SSSR count). The van der Waals surface area contributed by atoms with Crippen LogP contribution in [0.25, 0.3) is 0 Å². The Balaban J connectivity index is 0.000000144. The Morgan fingerprint density at radius 1 is 0.280 bits per heavy atom. The number of rotatable bonds is 18. The second-order valence-corrected chi connectivity index (χ2v) is 33.0. The number of ether oxygens (including phenoxy) is 22. The first-order valence-electron chi connectivity index (χ1n) is 38.5. The van der Waals surface area contributed by atoms with Gasteiger partial charge in [-0.25, -0.2) is 0 Å². The van der Waals surface area contributed by atoms with Gasteiger partial charge in [0.25, 0.3) is 47.3 Å². The highest BCUT2D eigenvalue weighted by Gasteiger charge is 2.65. The lowest BCUT2D eigenvalue weighted by Gasteiger charge is -2.36. The van der Waals surface area contributed by atoms with Gasteiger partial charge in [0.1, 0.15) is 111 Å². The molecular weight excluding hydrogens is 1580 g/mol. The van der Waals surface area contributed by atoms with Crippen molar-refractivity contribution >= 4 is 71.1 Å². The number of hydrogen-bond donors (Lipinski definition) is 4. The molecule has 16 heterocycles. The molecule has 0 aromatic rings. The predicted octanol–water partition coefficient (Wildman–Crippen LogP) is 0.00500. The summed E-state index contributed by atoms with van der Waals surface area (Å²) in [5.41, 5.74) is 0. The summed E-state index contributed by atoms with van der Waals surface area (Å²) in [6.45, 7) is 28.4. The number of aliphatic carboxylic acids is 2. The van der Waals surface area contributed by atoms with Gasteiger partial charge in [-0.3, -0.25) is 77.1 Å². The number of carbonyl (C=O) groups is 12. The minimum absolute atomic E-state index is 0.0381. The summed E-state index contributed by atoms with van der Waals surface area (Å²) < 4.78 is 128. The van der Waals surface area contributed by atoms with E-state index < -0.39 is 204 Å². The van der Waals surface area contributed by atoms with E-state index in [1.165, 1.54) is 24.3 Å². The minimum Gasteiger partial charge on any atom is -0.481 e. The fourth-order valence-corrected chi connectivity index (χ4v) is 15.3. The van der Waals surface area contributed by atoms with E-state index in [1.807, 2.05) is 55.4 Å². The molecule has 0 aromatic carbocycles. The zero-order valence-corrected chi connectivity index (χ0v) is 68.1. The fraction of sp³-hybridized carbons (Fsp3) is 0.737. The largest absolute Gasteiger partial charge is 0.481 e. The van der Waals surface area contributed by atoms with Crippen molar-refractivity contribution in [3.63, 3.8) is 0 Å². The molecule has 0 radical (unpaired) electrons.